The Morgan fingerprint density at radius 3 is 0.844 bits per heavy atom. The number of nitriles is 2. The standard InChI is InChI=1S/C60H58N4/c1-57(2,3)39-29-37(30-40(33-39)58(4,5)6)53-47(35-61)55(63-49-25-17-13-21-43(49)44-22-14-18-26-50(44)63)48(36-62)54(38-31-41(59(7,8)9)34-42(32-38)60(10,11)12)56(53)64-51-27-19-15-23-45(51)46-24-16-20-28-52(46)64/h13-34H,1-12H3. The van der Waals surface area contributed by atoms with E-state index in [1.165, 1.54) is 22.3 Å². The van der Waals surface area contributed by atoms with Gasteiger partial charge in [-0.1, -0.05) is 192 Å². The van der Waals surface area contributed by atoms with Gasteiger partial charge in [-0.15, -0.1) is 0 Å². The predicted octanol–water partition coefficient (Wildman–Crippen LogP) is 16.1. The lowest BCUT2D eigenvalue weighted by molar-refractivity contribution is 0.568. The lowest BCUT2D eigenvalue weighted by Gasteiger charge is -2.30. The first-order valence-electron chi connectivity index (χ1n) is 22.6. The minimum atomic E-state index is -0.205. The van der Waals surface area contributed by atoms with E-state index in [0.717, 1.165) is 71.6 Å². The molecule has 0 fully saturated rings. The van der Waals surface area contributed by atoms with Crippen molar-refractivity contribution in [1.82, 2.24) is 9.13 Å². The Kier molecular flexibility index (Phi) is 9.85. The summed E-state index contributed by atoms with van der Waals surface area (Å²) in [4.78, 5) is 0. The van der Waals surface area contributed by atoms with E-state index >= 15 is 0 Å². The van der Waals surface area contributed by atoms with E-state index in [1.54, 1.807) is 0 Å². The molecule has 0 N–H and O–H groups in total. The number of rotatable bonds is 4. The van der Waals surface area contributed by atoms with Crippen LogP contribution in [0.25, 0.3) is 77.2 Å². The number of hydrogen-bond donors (Lipinski definition) is 0. The van der Waals surface area contributed by atoms with Crippen LogP contribution in [0.3, 0.4) is 0 Å². The molecule has 2 aromatic heterocycles. The Bertz CT molecular complexity index is 3150. The lowest BCUT2D eigenvalue weighted by atomic mass is 9.76. The third-order valence-electron chi connectivity index (χ3n) is 13.2. The largest absolute Gasteiger partial charge is 0.308 e. The Morgan fingerprint density at radius 1 is 0.344 bits per heavy atom. The molecule has 4 nitrogen and oxygen atoms in total. The zero-order valence-electron chi connectivity index (χ0n) is 39.5. The fourth-order valence-electron chi connectivity index (χ4n) is 9.55. The zero-order chi connectivity index (χ0) is 45.7. The second-order valence-corrected chi connectivity index (χ2v) is 21.8. The van der Waals surface area contributed by atoms with Gasteiger partial charge in [-0.2, -0.15) is 10.5 Å². The molecule has 2 heterocycles. The molecule has 0 aliphatic rings. The number of hydrogen-bond acceptors (Lipinski definition) is 2. The highest BCUT2D eigenvalue weighted by molar-refractivity contribution is 6.13. The van der Waals surface area contributed by atoms with Crippen LogP contribution >= 0.6 is 0 Å². The van der Waals surface area contributed by atoms with Crippen molar-refractivity contribution in [3.8, 4) is 45.8 Å². The van der Waals surface area contributed by atoms with E-state index in [2.05, 4.69) is 238 Å². The van der Waals surface area contributed by atoms with Crippen LogP contribution in [0.15, 0.2) is 133 Å². The summed E-state index contributed by atoms with van der Waals surface area (Å²) in [5, 5.41) is 28.6. The molecule has 0 saturated heterocycles. The SMILES string of the molecule is CC(C)(C)c1cc(-c2c(C#N)c(-n3c4ccccc4c4ccccc43)c(C#N)c(-c3cc(C(C)(C)C)cc(C(C)(C)C)c3)c2-n2c3ccccc3c3ccccc32)cc(C(C)(C)C)c1. The molecule has 0 radical (unpaired) electrons. The van der Waals surface area contributed by atoms with Gasteiger partial charge >= 0.3 is 0 Å². The minimum Gasteiger partial charge on any atom is -0.308 e. The van der Waals surface area contributed by atoms with Gasteiger partial charge in [-0.05, 0) is 79.3 Å². The molecule has 0 atom stereocenters. The molecule has 0 spiro atoms. The number of nitrogens with zero attached hydrogens (tertiary/aromatic N) is 4. The molecular formula is C60H58N4. The van der Waals surface area contributed by atoms with Crippen LogP contribution in [0.4, 0.5) is 0 Å². The molecule has 4 heteroatoms. The van der Waals surface area contributed by atoms with Crippen molar-refractivity contribution in [3.63, 3.8) is 0 Å². The van der Waals surface area contributed by atoms with Crippen molar-refractivity contribution in [3.05, 3.63) is 167 Å². The summed E-state index contributed by atoms with van der Waals surface area (Å²) in [6, 6.07) is 53.5. The van der Waals surface area contributed by atoms with Gasteiger partial charge in [0.15, 0.2) is 0 Å². The van der Waals surface area contributed by atoms with E-state index in [-0.39, 0.29) is 21.7 Å². The van der Waals surface area contributed by atoms with Crippen molar-refractivity contribution in [2.24, 2.45) is 0 Å². The Balaban J connectivity index is 1.66. The van der Waals surface area contributed by atoms with Crippen LogP contribution in [0.5, 0.6) is 0 Å². The summed E-state index contributed by atoms with van der Waals surface area (Å²) < 4.78 is 4.55. The molecule has 0 amide bonds. The number of aromatic nitrogens is 2. The molecule has 9 rings (SSSR count). The summed E-state index contributed by atoms with van der Waals surface area (Å²) >= 11 is 0. The number of para-hydroxylation sites is 4. The first-order chi connectivity index (χ1) is 30.2. The predicted molar refractivity (Wildman–Crippen MR) is 270 cm³/mol. The molecule has 0 aliphatic carbocycles. The second-order valence-electron chi connectivity index (χ2n) is 21.8. The molecule has 7 aromatic carbocycles. The first-order valence-corrected chi connectivity index (χ1v) is 22.6. The van der Waals surface area contributed by atoms with E-state index in [1.807, 2.05) is 0 Å². The summed E-state index contributed by atoms with van der Waals surface area (Å²) in [6.07, 6.45) is 0. The molecule has 0 bridgehead atoms. The quantitative estimate of drug-likeness (QED) is 0.177. The summed E-state index contributed by atoms with van der Waals surface area (Å²) in [5.41, 5.74) is 13.6. The van der Waals surface area contributed by atoms with Crippen LogP contribution in [0, 0.1) is 22.7 Å². The van der Waals surface area contributed by atoms with Crippen molar-refractivity contribution < 1.29 is 0 Å². The first kappa shape index (κ1) is 42.4. The third-order valence-corrected chi connectivity index (χ3v) is 13.2. The maximum absolute atomic E-state index is 12.1. The average molecular weight is 835 g/mol. The highest BCUT2D eigenvalue weighted by Crippen LogP contribution is 2.50. The maximum Gasteiger partial charge on any atom is 0.102 e. The molecule has 9 aromatic rings. The van der Waals surface area contributed by atoms with Gasteiger partial charge < -0.3 is 9.13 Å². The summed E-state index contributed by atoms with van der Waals surface area (Å²) in [6.45, 7) is 27.1. The maximum atomic E-state index is 12.1. The third kappa shape index (κ3) is 6.89. The average Bonchev–Trinajstić information content (AvgIpc) is 3.76. The minimum absolute atomic E-state index is 0.205. The number of benzene rings is 7. The van der Waals surface area contributed by atoms with Gasteiger partial charge in [-0.3, -0.25) is 0 Å². The highest BCUT2D eigenvalue weighted by Gasteiger charge is 2.34. The van der Waals surface area contributed by atoms with E-state index in [0.29, 0.717) is 16.8 Å². The van der Waals surface area contributed by atoms with Gasteiger partial charge in [0.2, 0.25) is 0 Å². The second kappa shape index (κ2) is 14.9. The molecule has 0 saturated carbocycles. The van der Waals surface area contributed by atoms with Crippen LogP contribution in [0.1, 0.15) is 116 Å². The van der Waals surface area contributed by atoms with E-state index in [4.69, 9.17) is 0 Å². The van der Waals surface area contributed by atoms with Gasteiger partial charge in [0.25, 0.3) is 0 Å². The summed E-state index contributed by atoms with van der Waals surface area (Å²) in [5.74, 6) is 0. The Morgan fingerprint density at radius 2 is 0.594 bits per heavy atom. The van der Waals surface area contributed by atoms with E-state index in [9.17, 15) is 10.5 Å². The van der Waals surface area contributed by atoms with Crippen LogP contribution < -0.4 is 0 Å². The van der Waals surface area contributed by atoms with Crippen molar-refractivity contribution in [2.45, 2.75) is 105 Å². The Labute approximate surface area is 379 Å². The fraction of sp³-hybridized carbons (Fsp3) is 0.267. The molecule has 64 heavy (non-hydrogen) atoms. The molecule has 318 valence electrons. The normalized spacial score (nSPS) is 12.7. The van der Waals surface area contributed by atoms with Crippen molar-refractivity contribution >= 4 is 43.6 Å². The topological polar surface area (TPSA) is 57.4 Å². The van der Waals surface area contributed by atoms with Gasteiger partial charge in [0.1, 0.15) is 12.1 Å². The molecule has 0 unspecified atom stereocenters. The van der Waals surface area contributed by atoms with Crippen molar-refractivity contribution in [2.75, 3.05) is 0 Å². The van der Waals surface area contributed by atoms with Gasteiger partial charge in [0, 0.05) is 32.7 Å². The monoisotopic (exact) mass is 834 g/mol. The van der Waals surface area contributed by atoms with E-state index < -0.39 is 0 Å². The highest BCUT2D eigenvalue weighted by atomic mass is 15.0. The molecule has 0 aliphatic heterocycles. The van der Waals surface area contributed by atoms with Crippen molar-refractivity contribution in [1.29, 1.82) is 10.5 Å². The lowest BCUT2D eigenvalue weighted by Crippen LogP contribution is -2.18. The smallest absolute Gasteiger partial charge is 0.102 e. The Hall–Kier alpha value is -6.88. The summed E-state index contributed by atoms with van der Waals surface area (Å²) in [7, 11) is 0. The van der Waals surface area contributed by atoms with Crippen LogP contribution in [0.2, 0.25) is 0 Å². The van der Waals surface area contributed by atoms with Crippen LogP contribution in [-0.4, -0.2) is 9.13 Å². The van der Waals surface area contributed by atoms with Gasteiger partial charge in [0.05, 0.1) is 44.6 Å². The zero-order valence-corrected chi connectivity index (χ0v) is 39.5. The fourth-order valence-corrected chi connectivity index (χ4v) is 9.55. The number of fused-ring (bicyclic) bond motifs is 6. The van der Waals surface area contributed by atoms with Crippen LogP contribution in [-0.2, 0) is 21.7 Å². The van der Waals surface area contributed by atoms with Gasteiger partial charge in [-0.25, -0.2) is 0 Å². The molecular weight excluding hydrogens is 777 g/mol.